The van der Waals surface area contributed by atoms with Crippen molar-refractivity contribution in [3.63, 3.8) is 0 Å². The van der Waals surface area contributed by atoms with Gasteiger partial charge >= 0.3 is 0 Å². The van der Waals surface area contributed by atoms with Gasteiger partial charge in [0.15, 0.2) is 5.78 Å². The Labute approximate surface area is 85.9 Å². The molecule has 2 rings (SSSR count). The number of fused-ring (bicyclic) bond motifs is 1. The lowest BCUT2D eigenvalue weighted by Gasteiger charge is -2.17. The maximum atomic E-state index is 11.4. The van der Waals surface area contributed by atoms with E-state index < -0.39 is 0 Å². The van der Waals surface area contributed by atoms with Crippen LogP contribution in [0.25, 0.3) is 0 Å². The molecule has 1 aliphatic rings. The summed E-state index contributed by atoms with van der Waals surface area (Å²) >= 11 is 5.80. The second-order valence-corrected chi connectivity index (χ2v) is 3.34. The van der Waals surface area contributed by atoms with Gasteiger partial charge in [0.1, 0.15) is 17.4 Å². The van der Waals surface area contributed by atoms with Crippen LogP contribution in [-0.4, -0.2) is 12.4 Å². The van der Waals surface area contributed by atoms with Crippen molar-refractivity contribution in [3.8, 4) is 11.8 Å². The van der Waals surface area contributed by atoms with Gasteiger partial charge in [-0.15, -0.1) is 0 Å². The third kappa shape index (κ3) is 1.24. The van der Waals surface area contributed by atoms with E-state index in [4.69, 9.17) is 21.6 Å². The third-order valence-electron chi connectivity index (χ3n) is 2.09. The van der Waals surface area contributed by atoms with Gasteiger partial charge in [-0.05, 0) is 12.1 Å². The molecular formula is C10H6ClNO2. The molecule has 0 aliphatic carbocycles. The molecule has 1 aromatic rings. The van der Waals surface area contributed by atoms with Crippen molar-refractivity contribution in [2.75, 3.05) is 6.61 Å². The van der Waals surface area contributed by atoms with Gasteiger partial charge in [-0.25, -0.2) is 0 Å². The number of ether oxygens (including phenoxy) is 1. The number of benzene rings is 1. The number of hydrogen-bond acceptors (Lipinski definition) is 3. The fraction of sp³-hybridized carbons (Fsp3) is 0.200. The van der Waals surface area contributed by atoms with E-state index in [-0.39, 0.29) is 11.3 Å². The average Bonchev–Trinajstić information content (AvgIpc) is 2.18. The van der Waals surface area contributed by atoms with Gasteiger partial charge in [0.25, 0.3) is 0 Å². The molecule has 0 unspecified atom stereocenters. The van der Waals surface area contributed by atoms with Crippen LogP contribution in [0.1, 0.15) is 22.3 Å². The Morgan fingerprint density at radius 1 is 1.50 bits per heavy atom. The van der Waals surface area contributed by atoms with Crippen molar-refractivity contribution < 1.29 is 9.53 Å². The summed E-state index contributed by atoms with van der Waals surface area (Å²) < 4.78 is 5.27. The largest absolute Gasteiger partial charge is 0.491 e. The zero-order chi connectivity index (χ0) is 10.1. The van der Waals surface area contributed by atoms with E-state index in [9.17, 15) is 4.79 Å². The molecule has 0 bridgehead atoms. The first-order valence-corrected chi connectivity index (χ1v) is 4.50. The van der Waals surface area contributed by atoms with Gasteiger partial charge in [0.05, 0.1) is 17.2 Å². The van der Waals surface area contributed by atoms with Crippen molar-refractivity contribution >= 4 is 17.4 Å². The number of hydrogen-bond donors (Lipinski definition) is 0. The standard InChI is InChI=1S/C10H6ClNO2/c11-8-2-1-6-9(13)3-4-14-10(6)7(8)5-12/h1-2H,3-4H2. The quantitative estimate of drug-likeness (QED) is 0.655. The number of halogens is 1. The van der Waals surface area contributed by atoms with E-state index >= 15 is 0 Å². The molecule has 0 atom stereocenters. The first-order valence-electron chi connectivity index (χ1n) is 4.12. The van der Waals surface area contributed by atoms with Gasteiger partial charge < -0.3 is 4.74 Å². The molecule has 0 saturated heterocycles. The highest BCUT2D eigenvalue weighted by molar-refractivity contribution is 6.32. The summed E-state index contributed by atoms with van der Waals surface area (Å²) in [4.78, 5) is 11.4. The molecule has 0 radical (unpaired) electrons. The molecule has 0 spiro atoms. The molecule has 0 saturated carbocycles. The molecule has 0 amide bonds. The Balaban J connectivity index is 2.69. The first-order chi connectivity index (χ1) is 6.74. The zero-order valence-electron chi connectivity index (χ0n) is 7.21. The highest BCUT2D eigenvalue weighted by atomic mass is 35.5. The van der Waals surface area contributed by atoms with Gasteiger partial charge in [-0.1, -0.05) is 11.6 Å². The Kier molecular flexibility index (Phi) is 2.14. The number of Topliss-reactive ketones (excluding diaryl/α,β-unsaturated/α-hetero) is 1. The Hall–Kier alpha value is -1.53. The van der Waals surface area contributed by atoms with Crippen molar-refractivity contribution in [1.82, 2.24) is 0 Å². The summed E-state index contributed by atoms with van der Waals surface area (Å²) in [5.41, 5.74) is 0.703. The minimum absolute atomic E-state index is 0.000540. The summed E-state index contributed by atoms with van der Waals surface area (Å²) in [7, 11) is 0. The SMILES string of the molecule is N#Cc1c(Cl)ccc2c1OCCC2=O. The number of carbonyl (C=O) groups excluding carboxylic acids is 1. The van der Waals surface area contributed by atoms with Gasteiger partial charge in [0, 0.05) is 6.42 Å². The van der Waals surface area contributed by atoms with Crippen molar-refractivity contribution in [2.45, 2.75) is 6.42 Å². The topological polar surface area (TPSA) is 50.1 Å². The Morgan fingerprint density at radius 2 is 2.29 bits per heavy atom. The molecule has 0 N–H and O–H groups in total. The summed E-state index contributed by atoms with van der Waals surface area (Å²) in [6.07, 6.45) is 0.361. The van der Waals surface area contributed by atoms with Crippen LogP contribution in [0.2, 0.25) is 5.02 Å². The van der Waals surface area contributed by atoms with E-state index in [0.717, 1.165) is 0 Å². The van der Waals surface area contributed by atoms with E-state index in [1.165, 1.54) is 0 Å². The van der Waals surface area contributed by atoms with Crippen LogP contribution in [-0.2, 0) is 0 Å². The predicted octanol–water partition coefficient (Wildman–Crippen LogP) is 2.18. The van der Waals surface area contributed by atoms with Crippen LogP contribution in [0.3, 0.4) is 0 Å². The number of rotatable bonds is 0. The highest BCUT2D eigenvalue weighted by Crippen LogP contribution is 2.33. The molecule has 14 heavy (non-hydrogen) atoms. The maximum absolute atomic E-state index is 11.4. The molecule has 1 heterocycles. The second-order valence-electron chi connectivity index (χ2n) is 2.93. The monoisotopic (exact) mass is 207 g/mol. The minimum Gasteiger partial charge on any atom is -0.491 e. The minimum atomic E-state index is -0.000540. The molecule has 0 aromatic heterocycles. The third-order valence-corrected chi connectivity index (χ3v) is 2.41. The summed E-state index contributed by atoms with van der Waals surface area (Å²) in [5.74, 6) is 0.329. The normalized spacial score (nSPS) is 14.1. The van der Waals surface area contributed by atoms with Crippen LogP contribution in [0.5, 0.6) is 5.75 Å². The zero-order valence-corrected chi connectivity index (χ0v) is 7.97. The Morgan fingerprint density at radius 3 is 3.00 bits per heavy atom. The Bertz CT molecular complexity index is 448. The number of carbonyl (C=O) groups is 1. The van der Waals surface area contributed by atoms with Crippen LogP contribution >= 0.6 is 11.6 Å². The van der Waals surface area contributed by atoms with E-state index in [2.05, 4.69) is 0 Å². The molecule has 1 aliphatic heterocycles. The van der Waals surface area contributed by atoms with Crippen molar-refractivity contribution in [3.05, 3.63) is 28.3 Å². The van der Waals surface area contributed by atoms with Crippen molar-refractivity contribution in [2.24, 2.45) is 0 Å². The molecule has 0 fully saturated rings. The molecule has 1 aromatic carbocycles. The first kappa shape index (κ1) is 9.04. The maximum Gasteiger partial charge on any atom is 0.170 e. The van der Waals surface area contributed by atoms with E-state index in [0.29, 0.717) is 29.4 Å². The summed E-state index contributed by atoms with van der Waals surface area (Å²) in [6, 6.07) is 5.08. The lowest BCUT2D eigenvalue weighted by Crippen LogP contribution is -2.16. The average molecular weight is 208 g/mol. The highest BCUT2D eigenvalue weighted by Gasteiger charge is 2.22. The van der Waals surface area contributed by atoms with Crippen molar-refractivity contribution in [1.29, 1.82) is 5.26 Å². The molecule has 70 valence electrons. The fourth-order valence-electron chi connectivity index (χ4n) is 1.41. The van der Waals surface area contributed by atoms with Gasteiger partial charge in [-0.3, -0.25) is 4.79 Å². The van der Waals surface area contributed by atoms with Gasteiger partial charge in [-0.2, -0.15) is 5.26 Å². The smallest absolute Gasteiger partial charge is 0.170 e. The lowest BCUT2D eigenvalue weighted by atomic mass is 10.0. The molecule has 4 heteroatoms. The van der Waals surface area contributed by atoms with E-state index in [1.54, 1.807) is 12.1 Å². The molecular weight excluding hydrogens is 202 g/mol. The lowest BCUT2D eigenvalue weighted by molar-refractivity contribution is 0.0933. The molecule has 3 nitrogen and oxygen atoms in total. The predicted molar refractivity (Wildman–Crippen MR) is 50.6 cm³/mol. The fourth-order valence-corrected chi connectivity index (χ4v) is 1.60. The number of ketones is 1. The van der Waals surface area contributed by atoms with Crippen LogP contribution < -0.4 is 4.74 Å². The second kappa shape index (κ2) is 3.32. The van der Waals surface area contributed by atoms with Crippen LogP contribution in [0, 0.1) is 11.3 Å². The number of nitriles is 1. The van der Waals surface area contributed by atoms with E-state index in [1.807, 2.05) is 6.07 Å². The van der Waals surface area contributed by atoms with Gasteiger partial charge in [0.2, 0.25) is 0 Å². The summed E-state index contributed by atoms with van der Waals surface area (Å²) in [6.45, 7) is 0.320. The van der Waals surface area contributed by atoms with Crippen LogP contribution in [0.15, 0.2) is 12.1 Å². The van der Waals surface area contributed by atoms with Crippen LogP contribution in [0.4, 0.5) is 0 Å². The number of nitrogens with zero attached hydrogens (tertiary/aromatic N) is 1. The summed E-state index contributed by atoms with van der Waals surface area (Å²) in [5, 5.41) is 9.16.